The molecular formula is C13H17ClO. The summed E-state index contributed by atoms with van der Waals surface area (Å²) in [5.74, 6) is 0.444. The summed E-state index contributed by atoms with van der Waals surface area (Å²) in [6.45, 7) is 0. The molecular weight excluding hydrogens is 208 g/mol. The van der Waals surface area contributed by atoms with Gasteiger partial charge in [0.2, 0.25) is 0 Å². The van der Waals surface area contributed by atoms with Crippen LogP contribution >= 0.6 is 11.6 Å². The molecule has 1 fully saturated rings. The van der Waals surface area contributed by atoms with Crippen LogP contribution in [0.5, 0.6) is 0 Å². The first-order valence-electron chi connectivity index (χ1n) is 5.68. The molecule has 0 spiro atoms. The molecule has 0 bridgehead atoms. The highest BCUT2D eigenvalue weighted by Gasteiger charge is 2.22. The fourth-order valence-corrected chi connectivity index (χ4v) is 2.48. The quantitative estimate of drug-likeness (QED) is 0.816. The Balaban J connectivity index is 1.98. The third-order valence-corrected chi connectivity index (χ3v) is 3.53. The van der Waals surface area contributed by atoms with E-state index in [1.165, 1.54) is 18.4 Å². The van der Waals surface area contributed by atoms with Gasteiger partial charge in [0.15, 0.2) is 0 Å². The van der Waals surface area contributed by atoms with Crippen molar-refractivity contribution < 1.29 is 5.11 Å². The normalized spacial score (nSPS) is 26.5. The molecule has 0 radical (unpaired) electrons. The summed E-state index contributed by atoms with van der Waals surface area (Å²) in [4.78, 5) is 0. The zero-order valence-electron chi connectivity index (χ0n) is 8.82. The van der Waals surface area contributed by atoms with Gasteiger partial charge in [-0.05, 0) is 42.9 Å². The average Bonchev–Trinajstić information content (AvgIpc) is 2.25. The highest BCUT2D eigenvalue weighted by atomic mass is 35.5. The predicted molar refractivity (Wildman–Crippen MR) is 63.1 cm³/mol. The summed E-state index contributed by atoms with van der Waals surface area (Å²) in [6.07, 6.45) is 5.45. The molecule has 0 aromatic heterocycles. The van der Waals surface area contributed by atoms with Crippen molar-refractivity contribution in [3.8, 4) is 0 Å². The standard InChI is InChI=1S/C13H17ClO/c14-12-7-5-10(6-8-12)9-11-3-1-2-4-13(11)15/h5-8,11,13,15H,1-4,9H2/t11?,13-/m1/s1. The van der Waals surface area contributed by atoms with E-state index >= 15 is 0 Å². The SMILES string of the molecule is O[C@@H]1CCCCC1Cc1ccc(Cl)cc1. The second-order valence-electron chi connectivity index (χ2n) is 4.44. The Morgan fingerprint density at radius 3 is 2.47 bits per heavy atom. The first kappa shape index (κ1) is 11.0. The van der Waals surface area contributed by atoms with E-state index < -0.39 is 0 Å². The van der Waals surface area contributed by atoms with Gasteiger partial charge >= 0.3 is 0 Å². The second kappa shape index (κ2) is 5.00. The average molecular weight is 225 g/mol. The van der Waals surface area contributed by atoms with Crippen molar-refractivity contribution >= 4 is 11.6 Å². The fraction of sp³-hybridized carbons (Fsp3) is 0.538. The first-order chi connectivity index (χ1) is 7.25. The van der Waals surface area contributed by atoms with E-state index in [0.717, 1.165) is 24.3 Å². The molecule has 15 heavy (non-hydrogen) atoms. The lowest BCUT2D eigenvalue weighted by Crippen LogP contribution is -2.26. The number of hydrogen-bond acceptors (Lipinski definition) is 1. The van der Waals surface area contributed by atoms with Crippen LogP contribution in [0.3, 0.4) is 0 Å². The van der Waals surface area contributed by atoms with Crippen molar-refractivity contribution in [1.29, 1.82) is 0 Å². The van der Waals surface area contributed by atoms with Crippen molar-refractivity contribution in [3.05, 3.63) is 34.9 Å². The number of hydrogen-bond donors (Lipinski definition) is 1. The van der Waals surface area contributed by atoms with Crippen LogP contribution in [0.1, 0.15) is 31.2 Å². The summed E-state index contributed by atoms with van der Waals surface area (Å²) in [5, 5.41) is 10.6. The largest absolute Gasteiger partial charge is 0.393 e. The summed E-state index contributed by atoms with van der Waals surface area (Å²) < 4.78 is 0. The topological polar surface area (TPSA) is 20.2 Å². The van der Waals surface area contributed by atoms with Crippen LogP contribution in [0, 0.1) is 5.92 Å². The van der Waals surface area contributed by atoms with E-state index in [1.807, 2.05) is 12.1 Å². The minimum atomic E-state index is -0.102. The van der Waals surface area contributed by atoms with Gasteiger partial charge in [0.1, 0.15) is 0 Å². The molecule has 0 aliphatic heterocycles. The van der Waals surface area contributed by atoms with Crippen LogP contribution in [0.15, 0.2) is 24.3 Å². The Morgan fingerprint density at radius 1 is 1.13 bits per heavy atom. The maximum atomic E-state index is 9.86. The van der Waals surface area contributed by atoms with Gasteiger partial charge in [0.25, 0.3) is 0 Å². The van der Waals surface area contributed by atoms with Gasteiger partial charge in [0, 0.05) is 5.02 Å². The number of aliphatic hydroxyl groups excluding tert-OH is 1. The maximum absolute atomic E-state index is 9.86. The zero-order valence-corrected chi connectivity index (χ0v) is 9.58. The molecule has 1 aromatic rings. The van der Waals surface area contributed by atoms with E-state index in [0.29, 0.717) is 5.92 Å². The molecule has 0 saturated heterocycles. The lowest BCUT2D eigenvalue weighted by atomic mass is 9.82. The van der Waals surface area contributed by atoms with Crippen LogP contribution in [0.4, 0.5) is 0 Å². The van der Waals surface area contributed by atoms with Crippen molar-refractivity contribution in [2.75, 3.05) is 0 Å². The Hall–Kier alpha value is -0.530. The molecule has 0 amide bonds. The second-order valence-corrected chi connectivity index (χ2v) is 4.88. The van der Waals surface area contributed by atoms with Gasteiger partial charge in [0.05, 0.1) is 6.10 Å². The van der Waals surface area contributed by atoms with Gasteiger partial charge in [-0.3, -0.25) is 0 Å². The predicted octanol–water partition coefficient (Wildman–Crippen LogP) is 3.43. The van der Waals surface area contributed by atoms with E-state index in [4.69, 9.17) is 11.6 Å². The zero-order chi connectivity index (χ0) is 10.7. The Morgan fingerprint density at radius 2 is 1.80 bits per heavy atom. The molecule has 1 aromatic carbocycles. The number of rotatable bonds is 2. The summed E-state index contributed by atoms with van der Waals surface area (Å²) in [7, 11) is 0. The molecule has 1 saturated carbocycles. The van der Waals surface area contributed by atoms with E-state index in [-0.39, 0.29) is 6.10 Å². The fourth-order valence-electron chi connectivity index (χ4n) is 2.35. The molecule has 1 aliphatic rings. The van der Waals surface area contributed by atoms with Crippen molar-refractivity contribution in [3.63, 3.8) is 0 Å². The molecule has 0 heterocycles. The summed E-state index contributed by atoms with van der Waals surface area (Å²) in [6, 6.07) is 7.96. The van der Waals surface area contributed by atoms with E-state index in [2.05, 4.69) is 12.1 Å². The van der Waals surface area contributed by atoms with Gasteiger partial charge in [-0.15, -0.1) is 0 Å². The molecule has 1 aliphatic carbocycles. The third kappa shape index (κ3) is 2.96. The highest BCUT2D eigenvalue weighted by molar-refractivity contribution is 6.30. The van der Waals surface area contributed by atoms with E-state index in [1.54, 1.807) is 0 Å². The summed E-state index contributed by atoms with van der Waals surface area (Å²) in [5.41, 5.74) is 1.28. The lowest BCUT2D eigenvalue weighted by molar-refractivity contribution is 0.0700. The van der Waals surface area contributed by atoms with E-state index in [9.17, 15) is 5.11 Å². The lowest BCUT2D eigenvalue weighted by Gasteiger charge is -2.27. The van der Waals surface area contributed by atoms with Gasteiger partial charge < -0.3 is 5.11 Å². The Labute approximate surface area is 96.1 Å². The Bertz CT molecular complexity index is 307. The van der Waals surface area contributed by atoms with Gasteiger partial charge in [-0.2, -0.15) is 0 Å². The number of halogens is 1. The van der Waals surface area contributed by atoms with Crippen LogP contribution in [0.25, 0.3) is 0 Å². The molecule has 1 unspecified atom stereocenters. The summed E-state index contributed by atoms with van der Waals surface area (Å²) >= 11 is 5.83. The van der Waals surface area contributed by atoms with Crippen LogP contribution in [-0.4, -0.2) is 11.2 Å². The molecule has 2 rings (SSSR count). The molecule has 2 atom stereocenters. The molecule has 82 valence electrons. The highest BCUT2D eigenvalue weighted by Crippen LogP contribution is 2.27. The molecule has 1 nitrogen and oxygen atoms in total. The monoisotopic (exact) mass is 224 g/mol. The minimum absolute atomic E-state index is 0.102. The van der Waals surface area contributed by atoms with Crippen molar-refractivity contribution in [2.24, 2.45) is 5.92 Å². The minimum Gasteiger partial charge on any atom is -0.393 e. The van der Waals surface area contributed by atoms with Gasteiger partial charge in [-0.25, -0.2) is 0 Å². The van der Waals surface area contributed by atoms with Crippen LogP contribution in [0.2, 0.25) is 5.02 Å². The molecule has 1 N–H and O–H groups in total. The first-order valence-corrected chi connectivity index (χ1v) is 6.06. The van der Waals surface area contributed by atoms with Crippen LogP contribution < -0.4 is 0 Å². The molecule has 2 heteroatoms. The maximum Gasteiger partial charge on any atom is 0.0571 e. The van der Waals surface area contributed by atoms with Crippen LogP contribution in [-0.2, 0) is 6.42 Å². The third-order valence-electron chi connectivity index (χ3n) is 3.28. The number of benzene rings is 1. The van der Waals surface area contributed by atoms with Crippen molar-refractivity contribution in [2.45, 2.75) is 38.2 Å². The van der Waals surface area contributed by atoms with Gasteiger partial charge in [-0.1, -0.05) is 36.6 Å². The number of aliphatic hydroxyl groups is 1. The van der Waals surface area contributed by atoms with Crippen molar-refractivity contribution in [1.82, 2.24) is 0 Å². The smallest absolute Gasteiger partial charge is 0.0571 e. The Kier molecular flexibility index (Phi) is 3.66.